The van der Waals surface area contributed by atoms with E-state index in [-0.39, 0.29) is 5.75 Å². The first kappa shape index (κ1) is 16.2. The molecule has 1 aromatic carbocycles. The third-order valence-corrected chi connectivity index (χ3v) is 5.21. The molecule has 5 nitrogen and oxygen atoms in total. The first-order valence-corrected chi connectivity index (χ1v) is 8.71. The van der Waals surface area contributed by atoms with Gasteiger partial charge in [0, 0.05) is 5.25 Å². The van der Waals surface area contributed by atoms with Crippen molar-refractivity contribution in [1.29, 1.82) is 0 Å². The van der Waals surface area contributed by atoms with E-state index in [1.807, 2.05) is 11.8 Å². The van der Waals surface area contributed by atoms with Crippen molar-refractivity contribution in [3.8, 4) is 11.4 Å². The predicted molar refractivity (Wildman–Crippen MR) is 84.0 cm³/mol. The number of halogens is 2. The first-order chi connectivity index (χ1) is 11.2. The van der Waals surface area contributed by atoms with Crippen LogP contribution in [0.3, 0.4) is 0 Å². The standard InChI is InChI=1S/C15H18F2N4OS/c16-15(17)22-12-8-6-11(7-9-12)21-14(18-19-20-21)10-23-13-4-2-1-3-5-13/h6-9,13,15H,1-5,10H2. The van der Waals surface area contributed by atoms with Crippen molar-refractivity contribution >= 4 is 11.8 Å². The first-order valence-electron chi connectivity index (χ1n) is 7.66. The van der Waals surface area contributed by atoms with E-state index < -0.39 is 6.61 Å². The highest BCUT2D eigenvalue weighted by Gasteiger charge is 2.16. The topological polar surface area (TPSA) is 52.8 Å². The second kappa shape index (κ2) is 7.72. The van der Waals surface area contributed by atoms with Gasteiger partial charge in [0.25, 0.3) is 0 Å². The monoisotopic (exact) mass is 340 g/mol. The molecule has 1 saturated carbocycles. The van der Waals surface area contributed by atoms with Crippen LogP contribution in [0.5, 0.6) is 5.75 Å². The molecule has 1 aliphatic carbocycles. The van der Waals surface area contributed by atoms with Gasteiger partial charge in [0.1, 0.15) is 5.75 Å². The summed E-state index contributed by atoms with van der Waals surface area (Å²) in [6, 6.07) is 6.31. The van der Waals surface area contributed by atoms with Crippen LogP contribution in [0.15, 0.2) is 24.3 Å². The van der Waals surface area contributed by atoms with Crippen molar-refractivity contribution in [2.75, 3.05) is 0 Å². The Balaban J connectivity index is 1.65. The lowest BCUT2D eigenvalue weighted by Gasteiger charge is -2.20. The Kier molecular flexibility index (Phi) is 5.43. The number of benzene rings is 1. The Morgan fingerprint density at radius 1 is 1.17 bits per heavy atom. The normalized spacial score (nSPS) is 16.0. The minimum atomic E-state index is -2.82. The summed E-state index contributed by atoms with van der Waals surface area (Å²) < 4.78 is 30.3. The highest BCUT2D eigenvalue weighted by atomic mass is 32.2. The van der Waals surface area contributed by atoms with Gasteiger partial charge in [-0.1, -0.05) is 19.3 Å². The fourth-order valence-corrected chi connectivity index (χ4v) is 3.92. The summed E-state index contributed by atoms with van der Waals surface area (Å²) in [7, 11) is 0. The molecule has 0 unspecified atom stereocenters. The van der Waals surface area contributed by atoms with Crippen molar-refractivity contribution in [1.82, 2.24) is 20.2 Å². The largest absolute Gasteiger partial charge is 0.435 e. The fraction of sp³-hybridized carbons (Fsp3) is 0.533. The molecule has 3 rings (SSSR count). The Labute approximate surface area is 137 Å². The molecule has 2 aromatic rings. The number of hydrogen-bond donors (Lipinski definition) is 0. The smallest absolute Gasteiger partial charge is 0.387 e. The van der Waals surface area contributed by atoms with Gasteiger partial charge in [-0.15, -0.1) is 5.10 Å². The zero-order valence-corrected chi connectivity index (χ0v) is 13.4. The second-order valence-corrected chi connectivity index (χ2v) is 6.74. The molecular weight excluding hydrogens is 322 g/mol. The van der Waals surface area contributed by atoms with Crippen LogP contribution < -0.4 is 4.74 Å². The van der Waals surface area contributed by atoms with Crippen LogP contribution >= 0.6 is 11.8 Å². The number of nitrogens with zero attached hydrogens (tertiary/aromatic N) is 4. The van der Waals surface area contributed by atoms with Crippen molar-refractivity contribution in [2.24, 2.45) is 0 Å². The lowest BCUT2D eigenvalue weighted by atomic mass is 10.0. The third kappa shape index (κ3) is 4.40. The minimum Gasteiger partial charge on any atom is -0.435 e. The average Bonchev–Trinajstić information content (AvgIpc) is 3.03. The number of thioether (sulfide) groups is 1. The highest BCUT2D eigenvalue weighted by Crippen LogP contribution is 2.30. The van der Waals surface area contributed by atoms with Crippen molar-refractivity contribution in [3.05, 3.63) is 30.1 Å². The molecule has 1 heterocycles. The summed E-state index contributed by atoms with van der Waals surface area (Å²) in [6.45, 7) is -2.82. The maximum Gasteiger partial charge on any atom is 0.387 e. The molecule has 0 bridgehead atoms. The van der Waals surface area contributed by atoms with Crippen molar-refractivity contribution < 1.29 is 13.5 Å². The van der Waals surface area contributed by atoms with E-state index in [1.54, 1.807) is 16.8 Å². The quantitative estimate of drug-likeness (QED) is 0.800. The zero-order chi connectivity index (χ0) is 16.1. The van der Waals surface area contributed by atoms with E-state index in [2.05, 4.69) is 20.3 Å². The van der Waals surface area contributed by atoms with Gasteiger partial charge in [-0.3, -0.25) is 0 Å². The molecule has 124 valence electrons. The fourth-order valence-electron chi connectivity index (χ4n) is 2.69. The summed E-state index contributed by atoms with van der Waals surface area (Å²) in [5.74, 6) is 1.63. The maximum absolute atomic E-state index is 12.2. The summed E-state index contributed by atoms with van der Waals surface area (Å²) in [4.78, 5) is 0. The van der Waals surface area contributed by atoms with E-state index in [0.29, 0.717) is 5.25 Å². The van der Waals surface area contributed by atoms with Gasteiger partial charge in [0.2, 0.25) is 0 Å². The summed E-state index contributed by atoms with van der Waals surface area (Å²) in [6.07, 6.45) is 6.45. The molecule has 1 fully saturated rings. The molecule has 1 aliphatic rings. The Morgan fingerprint density at radius 2 is 1.91 bits per heavy atom. The molecule has 0 atom stereocenters. The van der Waals surface area contributed by atoms with Gasteiger partial charge >= 0.3 is 6.61 Å². The number of tetrazole rings is 1. The Morgan fingerprint density at radius 3 is 2.61 bits per heavy atom. The molecule has 0 amide bonds. The van der Waals surface area contributed by atoms with Gasteiger partial charge in [-0.2, -0.15) is 25.2 Å². The number of rotatable bonds is 6. The van der Waals surface area contributed by atoms with Crippen LogP contribution in [0.25, 0.3) is 5.69 Å². The predicted octanol–water partition coefficient (Wildman–Crippen LogP) is 3.83. The molecule has 8 heteroatoms. The van der Waals surface area contributed by atoms with Crippen molar-refractivity contribution in [2.45, 2.75) is 49.7 Å². The van der Waals surface area contributed by atoms with Crippen LogP contribution in [0.4, 0.5) is 8.78 Å². The van der Waals surface area contributed by atoms with Gasteiger partial charge in [0.15, 0.2) is 5.82 Å². The maximum atomic E-state index is 12.2. The summed E-state index contributed by atoms with van der Waals surface area (Å²) in [5.41, 5.74) is 0.732. The minimum absolute atomic E-state index is 0.120. The van der Waals surface area contributed by atoms with E-state index in [4.69, 9.17) is 0 Å². The number of hydrogen-bond acceptors (Lipinski definition) is 5. The third-order valence-electron chi connectivity index (χ3n) is 3.84. The van der Waals surface area contributed by atoms with Crippen LogP contribution in [-0.4, -0.2) is 32.1 Å². The lowest BCUT2D eigenvalue weighted by molar-refractivity contribution is -0.0498. The van der Waals surface area contributed by atoms with Crippen LogP contribution in [0.2, 0.25) is 0 Å². The Bertz CT molecular complexity index is 614. The number of alkyl halides is 2. The van der Waals surface area contributed by atoms with E-state index in [9.17, 15) is 8.78 Å². The van der Waals surface area contributed by atoms with Crippen LogP contribution in [0, 0.1) is 0 Å². The van der Waals surface area contributed by atoms with Crippen LogP contribution in [0.1, 0.15) is 37.9 Å². The van der Waals surface area contributed by atoms with Crippen LogP contribution in [-0.2, 0) is 5.75 Å². The average molecular weight is 340 g/mol. The van der Waals surface area contributed by atoms with Gasteiger partial charge < -0.3 is 4.74 Å². The Hall–Kier alpha value is -1.70. The molecular formula is C15H18F2N4OS. The number of ether oxygens (including phenoxy) is 1. The number of aromatic nitrogens is 4. The van der Waals surface area contributed by atoms with Gasteiger partial charge in [0.05, 0.1) is 11.4 Å². The lowest BCUT2D eigenvalue weighted by Crippen LogP contribution is -2.10. The van der Waals surface area contributed by atoms with E-state index in [0.717, 1.165) is 17.3 Å². The summed E-state index contributed by atoms with van der Waals surface area (Å²) in [5, 5.41) is 12.5. The summed E-state index contributed by atoms with van der Waals surface area (Å²) >= 11 is 1.89. The molecule has 0 saturated heterocycles. The molecule has 23 heavy (non-hydrogen) atoms. The second-order valence-electron chi connectivity index (χ2n) is 5.45. The SMILES string of the molecule is FC(F)Oc1ccc(-n2nnnc2CSC2CCCCC2)cc1. The molecule has 0 radical (unpaired) electrons. The van der Waals surface area contributed by atoms with E-state index >= 15 is 0 Å². The highest BCUT2D eigenvalue weighted by molar-refractivity contribution is 7.99. The molecule has 0 spiro atoms. The molecule has 0 aliphatic heterocycles. The zero-order valence-electron chi connectivity index (χ0n) is 12.6. The molecule has 1 aromatic heterocycles. The van der Waals surface area contributed by atoms with Crippen molar-refractivity contribution in [3.63, 3.8) is 0 Å². The molecule has 0 N–H and O–H groups in total. The van der Waals surface area contributed by atoms with Gasteiger partial charge in [-0.05, 0) is 47.5 Å². The van der Waals surface area contributed by atoms with E-state index in [1.165, 1.54) is 44.2 Å². The van der Waals surface area contributed by atoms with Gasteiger partial charge in [-0.25, -0.2) is 0 Å².